The molecule has 1 aromatic carbocycles. The van der Waals surface area contributed by atoms with Gasteiger partial charge in [-0.05, 0) is 50.5 Å². The topological polar surface area (TPSA) is 46.4 Å². The number of rotatable bonds is 2. The van der Waals surface area contributed by atoms with Gasteiger partial charge in [-0.2, -0.15) is 0 Å². The molecule has 0 aliphatic heterocycles. The van der Waals surface area contributed by atoms with Gasteiger partial charge in [0.25, 0.3) is 0 Å². The zero-order valence-electron chi connectivity index (χ0n) is 14.0. The fourth-order valence-corrected chi connectivity index (χ4v) is 3.57. The molecule has 1 aliphatic carbocycles. The lowest BCUT2D eigenvalue weighted by molar-refractivity contribution is -0.120. The predicted octanol–water partition coefficient (Wildman–Crippen LogP) is 3.69. The summed E-state index contributed by atoms with van der Waals surface area (Å²) in [5.74, 6) is 0.108. The lowest BCUT2D eigenvalue weighted by Crippen LogP contribution is -2.28. The summed E-state index contributed by atoms with van der Waals surface area (Å²) in [6.45, 7) is 4.10. The molecule has 24 heavy (non-hydrogen) atoms. The Morgan fingerprint density at radius 1 is 1.25 bits per heavy atom. The van der Waals surface area contributed by atoms with Gasteiger partial charge in [0, 0.05) is 29.9 Å². The summed E-state index contributed by atoms with van der Waals surface area (Å²) in [4.78, 5) is 17.4. The molecular weight excluding hydrogens is 298 g/mol. The number of pyridine rings is 1. The van der Waals surface area contributed by atoms with Gasteiger partial charge in [-0.15, -0.1) is 0 Å². The number of aryl methyl sites for hydroxylation is 3. The van der Waals surface area contributed by atoms with Crippen LogP contribution in [0, 0.1) is 19.8 Å². The lowest BCUT2D eigenvalue weighted by atomic mass is 9.89. The molecule has 1 atom stereocenters. The minimum atomic E-state index is -0.00157. The first kappa shape index (κ1) is 14.9. The molecule has 0 fully saturated rings. The Kier molecular flexibility index (Phi) is 3.60. The first-order chi connectivity index (χ1) is 11.6. The predicted molar refractivity (Wildman–Crippen MR) is 95.3 cm³/mol. The average molecular weight is 319 g/mol. The molecule has 1 unspecified atom stereocenters. The van der Waals surface area contributed by atoms with E-state index in [9.17, 15) is 4.79 Å². The van der Waals surface area contributed by atoms with Crippen molar-refractivity contribution in [2.75, 3.05) is 5.32 Å². The molecule has 1 amide bonds. The number of carbonyl (C=O) groups excluding carboxylic acids is 1. The molecule has 4 heteroatoms. The molecule has 3 aromatic rings. The average Bonchev–Trinajstić information content (AvgIpc) is 2.95. The Morgan fingerprint density at radius 3 is 2.96 bits per heavy atom. The fraction of sp³-hybridized carbons (Fsp3) is 0.300. The Labute approximate surface area is 141 Å². The van der Waals surface area contributed by atoms with Crippen LogP contribution in [0.5, 0.6) is 0 Å². The molecule has 1 aliphatic rings. The van der Waals surface area contributed by atoms with Crippen LogP contribution in [0.15, 0.2) is 42.6 Å². The van der Waals surface area contributed by atoms with E-state index >= 15 is 0 Å². The highest BCUT2D eigenvalue weighted by molar-refractivity contribution is 5.93. The van der Waals surface area contributed by atoms with Gasteiger partial charge >= 0.3 is 0 Å². The zero-order valence-corrected chi connectivity index (χ0v) is 14.0. The summed E-state index contributed by atoms with van der Waals surface area (Å²) in [5.41, 5.74) is 6.51. The van der Waals surface area contributed by atoms with Crippen LogP contribution in [0.2, 0.25) is 0 Å². The van der Waals surface area contributed by atoms with E-state index in [1.807, 2.05) is 43.5 Å². The Morgan fingerprint density at radius 2 is 2.12 bits per heavy atom. The number of hydrogen-bond acceptors (Lipinski definition) is 2. The molecular formula is C20H21N3O. The largest absolute Gasteiger partial charge is 0.326 e. The minimum Gasteiger partial charge on any atom is -0.326 e. The highest BCUT2D eigenvalue weighted by atomic mass is 16.1. The van der Waals surface area contributed by atoms with Gasteiger partial charge in [-0.1, -0.05) is 23.8 Å². The SMILES string of the molecule is Cc1ccc(NC(=O)C2CCc3nc4ccccn4c3C2)c(C)c1. The van der Waals surface area contributed by atoms with Gasteiger partial charge in [-0.3, -0.25) is 4.79 Å². The summed E-state index contributed by atoms with van der Waals surface area (Å²) in [7, 11) is 0. The Bertz CT molecular complexity index is 926. The number of aromatic nitrogens is 2. The normalized spacial score (nSPS) is 16.8. The summed E-state index contributed by atoms with van der Waals surface area (Å²) < 4.78 is 2.12. The van der Waals surface area contributed by atoms with Gasteiger partial charge in [0.2, 0.25) is 5.91 Å². The summed E-state index contributed by atoms with van der Waals surface area (Å²) in [6.07, 6.45) is 4.50. The summed E-state index contributed by atoms with van der Waals surface area (Å²) in [6, 6.07) is 12.1. The third-order valence-electron chi connectivity index (χ3n) is 4.89. The van der Waals surface area contributed by atoms with Gasteiger partial charge in [0.1, 0.15) is 5.65 Å². The van der Waals surface area contributed by atoms with E-state index in [1.165, 1.54) is 11.3 Å². The van der Waals surface area contributed by atoms with Gasteiger partial charge in [0.15, 0.2) is 0 Å². The maximum absolute atomic E-state index is 12.7. The minimum absolute atomic E-state index is 0.00157. The number of carbonyl (C=O) groups is 1. The summed E-state index contributed by atoms with van der Waals surface area (Å²) >= 11 is 0. The molecule has 122 valence electrons. The van der Waals surface area contributed by atoms with Crippen molar-refractivity contribution < 1.29 is 4.79 Å². The van der Waals surface area contributed by atoms with Crippen LogP contribution in [-0.4, -0.2) is 15.3 Å². The molecule has 0 spiro atoms. The lowest BCUT2D eigenvalue weighted by Gasteiger charge is -2.22. The first-order valence-corrected chi connectivity index (χ1v) is 8.45. The van der Waals surface area contributed by atoms with Crippen LogP contribution in [0.3, 0.4) is 0 Å². The van der Waals surface area contributed by atoms with Gasteiger partial charge < -0.3 is 9.72 Å². The van der Waals surface area contributed by atoms with E-state index in [0.717, 1.165) is 41.9 Å². The molecule has 1 N–H and O–H groups in total. The van der Waals surface area contributed by atoms with Crippen molar-refractivity contribution in [3.05, 3.63) is 65.1 Å². The van der Waals surface area contributed by atoms with E-state index < -0.39 is 0 Å². The third-order valence-corrected chi connectivity index (χ3v) is 4.89. The van der Waals surface area contributed by atoms with E-state index in [-0.39, 0.29) is 11.8 Å². The number of imidazole rings is 1. The number of amides is 1. The number of anilines is 1. The highest BCUT2D eigenvalue weighted by Crippen LogP contribution is 2.27. The van der Waals surface area contributed by atoms with E-state index in [4.69, 9.17) is 0 Å². The number of nitrogens with zero attached hydrogens (tertiary/aromatic N) is 2. The number of nitrogens with one attached hydrogen (secondary N) is 1. The maximum Gasteiger partial charge on any atom is 0.227 e. The second-order valence-corrected chi connectivity index (χ2v) is 6.68. The first-order valence-electron chi connectivity index (χ1n) is 8.45. The third kappa shape index (κ3) is 2.58. The van der Waals surface area contributed by atoms with Crippen molar-refractivity contribution in [2.24, 2.45) is 5.92 Å². The van der Waals surface area contributed by atoms with Crippen LogP contribution in [-0.2, 0) is 17.6 Å². The second-order valence-electron chi connectivity index (χ2n) is 6.68. The standard InChI is InChI=1S/C20H21N3O/c1-13-6-8-16(14(2)11-13)22-20(24)15-7-9-17-18(12-15)23-10-4-3-5-19(23)21-17/h3-6,8,10-11,15H,7,9,12H2,1-2H3,(H,22,24). The van der Waals surface area contributed by atoms with Crippen molar-refractivity contribution in [3.8, 4) is 0 Å². The van der Waals surface area contributed by atoms with Crippen molar-refractivity contribution in [1.82, 2.24) is 9.38 Å². The van der Waals surface area contributed by atoms with Gasteiger partial charge in [0.05, 0.1) is 5.69 Å². The van der Waals surface area contributed by atoms with Crippen molar-refractivity contribution in [1.29, 1.82) is 0 Å². The molecule has 4 rings (SSSR count). The summed E-state index contributed by atoms with van der Waals surface area (Å²) in [5, 5.41) is 3.11. The molecule has 4 nitrogen and oxygen atoms in total. The fourth-order valence-electron chi connectivity index (χ4n) is 3.57. The van der Waals surface area contributed by atoms with E-state index in [0.29, 0.717) is 0 Å². The number of fused-ring (bicyclic) bond motifs is 3. The maximum atomic E-state index is 12.7. The van der Waals surface area contributed by atoms with Crippen LogP contribution >= 0.6 is 0 Å². The molecule has 0 saturated heterocycles. The smallest absolute Gasteiger partial charge is 0.227 e. The van der Waals surface area contributed by atoms with Crippen LogP contribution < -0.4 is 5.32 Å². The monoisotopic (exact) mass is 319 g/mol. The molecule has 0 bridgehead atoms. The van der Waals surface area contributed by atoms with Crippen molar-refractivity contribution in [3.63, 3.8) is 0 Å². The van der Waals surface area contributed by atoms with Crippen molar-refractivity contribution in [2.45, 2.75) is 33.1 Å². The number of benzene rings is 1. The van der Waals surface area contributed by atoms with Gasteiger partial charge in [-0.25, -0.2) is 4.98 Å². The van der Waals surface area contributed by atoms with Crippen LogP contribution in [0.25, 0.3) is 5.65 Å². The van der Waals surface area contributed by atoms with Crippen LogP contribution in [0.1, 0.15) is 28.9 Å². The Balaban J connectivity index is 1.56. The number of hydrogen-bond donors (Lipinski definition) is 1. The molecule has 0 saturated carbocycles. The van der Waals surface area contributed by atoms with Crippen molar-refractivity contribution >= 4 is 17.2 Å². The van der Waals surface area contributed by atoms with Crippen LogP contribution in [0.4, 0.5) is 5.69 Å². The quantitative estimate of drug-likeness (QED) is 0.783. The molecule has 0 radical (unpaired) electrons. The Hall–Kier alpha value is -2.62. The molecule has 2 heterocycles. The highest BCUT2D eigenvalue weighted by Gasteiger charge is 2.28. The van der Waals surface area contributed by atoms with E-state index in [1.54, 1.807) is 0 Å². The second kappa shape index (κ2) is 5.78. The zero-order chi connectivity index (χ0) is 16.7. The van der Waals surface area contributed by atoms with E-state index in [2.05, 4.69) is 27.7 Å². The molecule has 2 aromatic heterocycles.